The van der Waals surface area contributed by atoms with Crippen LogP contribution >= 0.6 is 0 Å². The van der Waals surface area contributed by atoms with Gasteiger partial charge in [-0.05, 0) is 12.8 Å². The van der Waals surface area contributed by atoms with Crippen LogP contribution in [0.25, 0.3) is 0 Å². The van der Waals surface area contributed by atoms with Gasteiger partial charge in [-0.3, -0.25) is 4.55 Å². The van der Waals surface area contributed by atoms with Crippen LogP contribution in [-0.4, -0.2) is 29.4 Å². The zero-order valence-electron chi connectivity index (χ0n) is 13.8. The number of hydrogen-bond acceptors (Lipinski definition) is 3. The average Bonchev–Trinajstić information content (AvgIpc) is 2.40. The quantitative estimate of drug-likeness (QED) is 0.369. The van der Waals surface area contributed by atoms with Gasteiger partial charge < -0.3 is 5.11 Å². The molecule has 0 spiro atoms. The molecule has 0 aliphatic carbocycles. The Labute approximate surface area is 131 Å². The van der Waals surface area contributed by atoms with Crippen molar-refractivity contribution in [3.05, 3.63) is 0 Å². The maximum Gasteiger partial charge on any atom is 0.270 e. The lowest BCUT2D eigenvalue weighted by Gasteiger charge is -2.20. The summed E-state index contributed by atoms with van der Waals surface area (Å²) in [5, 5.41) is 8.99. The highest BCUT2D eigenvalue weighted by Crippen LogP contribution is 2.18. The van der Waals surface area contributed by atoms with E-state index in [-0.39, 0.29) is 0 Å². The zero-order valence-corrected chi connectivity index (χ0v) is 14.6. The minimum atomic E-state index is -4.14. The van der Waals surface area contributed by atoms with Crippen LogP contribution in [0.3, 0.4) is 0 Å². The molecular formula is C16H34O4S. The smallest absolute Gasteiger partial charge is 0.270 e. The third-order valence-electron chi connectivity index (χ3n) is 4.01. The van der Waals surface area contributed by atoms with Gasteiger partial charge in [-0.15, -0.1) is 0 Å². The molecule has 21 heavy (non-hydrogen) atoms. The highest BCUT2D eigenvalue weighted by molar-refractivity contribution is 7.86. The van der Waals surface area contributed by atoms with Crippen LogP contribution in [0.1, 0.15) is 90.9 Å². The van der Waals surface area contributed by atoms with Crippen LogP contribution in [-0.2, 0) is 10.1 Å². The summed E-state index contributed by atoms with van der Waals surface area (Å²) in [5.74, 6) is 0. The molecule has 2 atom stereocenters. The predicted molar refractivity (Wildman–Crippen MR) is 88.1 cm³/mol. The number of hydrogen-bond donors (Lipinski definition) is 2. The van der Waals surface area contributed by atoms with Crippen molar-refractivity contribution in [3.63, 3.8) is 0 Å². The molecule has 4 nitrogen and oxygen atoms in total. The zero-order chi connectivity index (χ0) is 16.1. The minimum Gasteiger partial charge on any atom is -0.392 e. The van der Waals surface area contributed by atoms with Crippen LogP contribution in [0.2, 0.25) is 0 Å². The Morgan fingerprint density at radius 2 is 1.24 bits per heavy atom. The molecule has 0 amide bonds. The van der Waals surface area contributed by atoms with E-state index in [1.165, 1.54) is 32.1 Å². The summed E-state index contributed by atoms with van der Waals surface area (Å²) in [5.41, 5.74) is 0. The molecule has 5 heteroatoms. The molecule has 0 heterocycles. The van der Waals surface area contributed by atoms with Gasteiger partial charge in [0.05, 0.1) is 6.10 Å². The van der Waals surface area contributed by atoms with Crippen LogP contribution in [0.15, 0.2) is 0 Å². The van der Waals surface area contributed by atoms with Gasteiger partial charge in [-0.2, -0.15) is 8.42 Å². The molecule has 2 N–H and O–H groups in total. The minimum absolute atomic E-state index is 0.341. The molecule has 128 valence electrons. The fourth-order valence-electron chi connectivity index (χ4n) is 2.62. The SMILES string of the molecule is CCCCCCCCCCC(O)C(CCCC)S(=O)(=O)O. The summed E-state index contributed by atoms with van der Waals surface area (Å²) in [7, 11) is -4.14. The van der Waals surface area contributed by atoms with Gasteiger partial charge in [-0.25, -0.2) is 0 Å². The van der Waals surface area contributed by atoms with E-state index in [9.17, 15) is 18.1 Å². The molecular weight excluding hydrogens is 288 g/mol. The molecule has 0 rings (SSSR count). The Balaban J connectivity index is 3.85. The summed E-state index contributed by atoms with van der Waals surface area (Å²) >= 11 is 0. The maximum absolute atomic E-state index is 11.3. The summed E-state index contributed by atoms with van der Waals surface area (Å²) in [6.07, 6.45) is 10.7. The van der Waals surface area contributed by atoms with E-state index in [2.05, 4.69) is 6.92 Å². The number of aliphatic hydroxyl groups is 1. The lowest BCUT2D eigenvalue weighted by atomic mass is 10.0. The molecule has 0 aromatic heterocycles. The van der Waals surface area contributed by atoms with Gasteiger partial charge in [0.2, 0.25) is 0 Å². The second kappa shape index (κ2) is 12.4. The fourth-order valence-corrected chi connectivity index (χ4v) is 3.62. The summed E-state index contributed by atoms with van der Waals surface area (Å²) in [4.78, 5) is 0. The van der Waals surface area contributed by atoms with E-state index < -0.39 is 21.5 Å². The number of unbranched alkanes of at least 4 members (excludes halogenated alkanes) is 8. The van der Waals surface area contributed by atoms with Crippen molar-refractivity contribution >= 4 is 10.1 Å². The molecule has 0 bridgehead atoms. The van der Waals surface area contributed by atoms with Crippen LogP contribution < -0.4 is 0 Å². The third kappa shape index (κ3) is 11.1. The van der Waals surface area contributed by atoms with Gasteiger partial charge >= 0.3 is 0 Å². The predicted octanol–water partition coefficient (Wildman–Crippen LogP) is 4.32. The third-order valence-corrected chi connectivity index (χ3v) is 5.32. The fraction of sp³-hybridized carbons (Fsp3) is 1.00. The first-order chi connectivity index (χ1) is 9.93. The molecule has 0 aromatic rings. The van der Waals surface area contributed by atoms with Crippen molar-refractivity contribution in [3.8, 4) is 0 Å². The molecule has 0 aromatic carbocycles. The first kappa shape index (κ1) is 20.9. The second-order valence-electron chi connectivity index (χ2n) is 6.03. The summed E-state index contributed by atoms with van der Waals surface area (Å²) in [6.45, 7) is 4.16. The lowest BCUT2D eigenvalue weighted by molar-refractivity contribution is 0.146. The molecule has 0 radical (unpaired) electrons. The van der Waals surface area contributed by atoms with E-state index in [1.807, 2.05) is 6.92 Å². The summed E-state index contributed by atoms with van der Waals surface area (Å²) in [6, 6.07) is 0. The van der Waals surface area contributed by atoms with E-state index in [0.29, 0.717) is 19.3 Å². The normalized spacial score (nSPS) is 15.0. The standard InChI is InChI=1S/C16H34O4S/c1-3-5-7-8-9-10-11-12-13-15(17)16(14-6-4-2)21(18,19)20/h15-17H,3-14H2,1-2H3,(H,18,19,20). The number of rotatable bonds is 14. The highest BCUT2D eigenvalue weighted by Gasteiger charge is 2.29. The topological polar surface area (TPSA) is 74.6 Å². The highest BCUT2D eigenvalue weighted by atomic mass is 32.2. The Morgan fingerprint density at radius 1 is 0.762 bits per heavy atom. The molecule has 2 unspecified atom stereocenters. The van der Waals surface area contributed by atoms with Crippen molar-refractivity contribution < 1.29 is 18.1 Å². The van der Waals surface area contributed by atoms with Crippen LogP contribution in [0.4, 0.5) is 0 Å². The van der Waals surface area contributed by atoms with E-state index in [4.69, 9.17) is 0 Å². The Kier molecular flexibility index (Phi) is 12.3. The Hall–Kier alpha value is -0.130. The van der Waals surface area contributed by atoms with E-state index >= 15 is 0 Å². The largest absolute Gasteiger partial charge is 0.392 e. The van der Waals surface area contributed by atoms with Gasteiger partial charge in [0.25, 0.3) is 10.1 Å². The van der Waals surface area contributed by atoms with Crippen LogP contribution in [0.5, 0.6) is 0 Å². The van der Waals surface area contributed by atoms with Gasteiger partial charge in [0, 0.05) is 0 Å². The van der Waals surface area contributed by atoms with Crippen molar-refractivity contribution in [2.75, 3.05) is 0 Å². The van der Waals surface area contributed by atoms with Crippen molar-refractivity contribution in [1.82, 2.24) is 0 Å². The van der Waals surface area contributed by atoms with Crippen LogP contribution in [0, 0.1) is 0 Å². The number of aliphatic hydroxyl groups excluding tert-OH is 1. The van der Waals surface area contributed by atoms with Crippen molar-refractivity contribution in [1.29, 1.82) is 0 Å². The maximum atomic E-state index is 11.3. The first-order valence-corrected chi connectivity index (χ1v) is 10.1. The van der Waals surface area contributed by atoms with Gasteiger partial charge in [0.15, 0.2) is 0 Å². The molecule has 0 fully saturated rings. The van der Waals surface area contributed by atoms with E-state index in [0.717, 1.165) is 25.7 Å². The molecule has 0 aliphatic rings. The van der Waals surface area contributed by atoms with Crippen molar-refractivity contribution in [2.24, 2.45) is 0 Å². The lowest BCUT2D eigenvalue weighted by Crippen LogP contribution is -2.33. The average molecular weight is 323 g/mol. The van der Waals surface area contributed by atoms with E-state index in [1.54, 1.807) is 0 Å². The second-order valence-corrected chi connectivity index (χ2v) is 7.66. The monoisotopic (exact) mass is 322 g/mol. The molecule has 0 aliphatic heterocycles. The molecule has 0 saturated heterocycles. The van der Waals surface area contributed by atoms with Crippen molar-refractivity contribution in [2.45, 2.75) is 102 Å². The Morgan fingerprint density at radius 3 is 1.71 bits per heavy atom. The first-order valence-electron chi connectivity index (χ1n) is 8.57. The van der Waals surface area contributed by atoms with Gasteiger partial charge in [-0.1, -0.05) is 78.1 Å². The summed E-state index contributed by atoms with van der Waals surface area (Å²) < 4.78 is 31.8. The molecule has 0 saturated carbocycles. The Bertz CT molecular complexity index is 327. The van der Waals surface area contributed by atoms with Gasteiger partial charge in [0.1, 0.15) is 5.25 Å².